The summed E-state index contributed by atoms with van der Waals surface area (Å²) in [5, 5.41) is 2.82. The predicted octanol–water partition coefficient (Wildman–Crippen LogP) is 2.55. The molecule has 3 N–H and O–H groups in total. The first-order valence-corrected chi connectivity index (χ1v) is 7.46. The van der Waals surface area contributed by atoms with Gasteiger partial charge in [-0.05, 0) is 37.0 Å². The molecule has 6 heteroatoms. The number of halogens is 1. The number of benzene rings is 1. The Balaban J connectivity index is 0.00000242. The van der Waals surface area contributed by atoms with Gasteiger partial charge in [-0.25, -0.2) is 0 Å². The maximum Gasteiger partial charge on any atom is 0.241 e. The smallest absolute Gasteiger partial charge is 0.241 e. The molecule has 2 rings (SSSR count). The Hall–Kier alpha value is -1.59. The maximum absolute atomic E-state index is 12.0. The number of rotatable bonds is 4. The molecule has 2 amide bonds. The fourth-order valence-electron chi connectivity index (χ4n) is 2.36. The van der Waals surface area contributed by atoms with Gasteiger partial charge in [-0.3, -0.25) is 9.59 Å². The van der Waals surface area contributed by atoms with Crippen molar-refractivity contribution >= 4 is 35.6 Å². The van der Waals surface area contributed by atoms with E-state index in [0.29, 0.717) is 12.1 Å². The first kappa shape index (κ1) is 18.5. The number of amides is 2. The summed E-state index contributed by atoms with van der Waals surface area (Å²) < 4.78 is 0. The fourth-order valence-corrected chi connectivity index (χ4v) is 2.36. The van der Waals surface area contributed by atoms with Crippen molar-refractivity contribution in [3.63, 3.8) is 0 Å². The molecule has 0 radical (unpaired) electrons. The van der Waals surface area contributed by atoms with E-state index in [9.17, 15) is 9.59 Å². The molecule has 0 saturated carbocycles. The van der Waals surface area contributed by atoms with Gasteiger partial charge in [0.15, 0.2) is 0 Å². The molecule has 1 unspecified atom stereocenters. The number of hydrogen-bond acceptors (Lipinski definition) is 3. The van der Waals surface area contributed by atoms with Crippen molar-refractivity contribution in [1.82, 2.24) is 0 Å². The van der Waals surface area contributed by atoms with Crippen LogP contribution in [-0.2, 0) is 9.59 Å². The van der Waals surface area contributed by atoms with Crippen LogP contribution < -0.4 is 16.0 Å². The standard InChI is InChI=1S/C16H23N3O2.ClH/c1-11(2)15(17)16(21)18-12-6-5-7-13(10-12)19-9-4-3-8-14(19)20;/h5-7,10-11,15H,3-4,8-9,17H2,1-2H3,(H,18,21);1H. The van der Waals surface area contributed by atoms with Crippen LogP contribution in [0.2, 0.25) is 0 Å². The molecule has 0 aromatic heterocycles. The van der Waals surface area contributed by atoms with E-state index in [0.717, 1.165) is 25.1 Å². The average molecular weight is 326 g/mol. The van der Waals surface area contributed by atoms with E-state index in [1.165, 1.54) is 0 Å². The number of nitrogens with two attached hydrogens (primary N) is 1. The third kappa shape index (κ3) is 4.45. The molecule has 1 fully saturated rings. The second-order valence-electron chi connectivity index (χ2n) is 5.81. The van der Waals surface area contributed by atoms with E-state index >= 15 is 0 Å². The summed E-state index contributed by atoms with van der Waals surface area (Å²) in [6, 6.07) is 6.83. The summed E-state index contributed by atoms with van der Waals surface area (Å²) >= 11 is 0. The maximum atomic E-state index is 12.0. The molecule has 0 aliphatic carbocycles. The van der Waals surface area contributed by atoms with Gasteiger partial charge in [0, 0.05) is 24.3 Å². The highest BCUT2D eigenvalue weighted by atomic mass is 35.5. The highest BCUT2D eigenvalue weighted by molar-refractivity contribution is 5.97. The summed E-state index contributed by atoms with van der Waals surface area (Å²) in [4.78, 5) is 25.7. The van der Waals surface area contributed by atoms with Gasteiger partial charge in [0.25, 0.3) is 0 Å². The molecule has 1 aromatic carbocycles. The van der Waals surface area contributed by atoms with E-state index in [2.05, 4.69) is 5.32 Å². The quantitative estimate of drug-likeness (QED) is 0.893. The second-order valence-corrected chi connectivity index (χ2v) is 5.81. The Morgan fingerprint density at radius 2 is 2.05 bits per heavy atom. The number of anilines is 2. The number of nitrogens with one attached hydrogen (secondary N) is 1. The lowest BCUT2D eigenvalue weighted by molar-refractivity contribution is -0.119. The lowest BCUT2D eigenvalue weighted by Gasteiger charge is -2.27. The van der Waals surface area contributed by atoms with Crippen LogP contribution in [0.25, 0.3) is 0 Å². The minimum absolute atomic E-state index is 0. The molecule has 122 valence electrons. The largest absolute Gasteiger partial charge is 0.325 e. The molecule has 1 heterocycles. The highest BCUT2D eigenvalue weighted by Crippen LogP contribution is 2.24. The third-order valence-electron chi connectivity index (χ3n) is 3.77. The van der Waals surface area contributed by atoms with E-state index in [4.69, 9.17) is 5.73 Å². The van der Waals surface area contributed by atoms with Crippen LogP contribution in [0.5, 0.6) is 0 Å². The Bertz CT molecular complexity index is 534. The van der Waals surface area contributed by atoms with E-state index in [1.807, 2.05) is 38.1 Å². The summed E-state index contributed by atoms with van der Waals surface area (Å²) in [6.45, 7) is 4.56. The molecule has 5 nitrogen and oxygen atoms in total. The van der Waals surface area contributed by atoms with Gasteiger partial charge in [-0.1, -0.05) is 19.9 Å². The Morgan fingerprint density at radius 3 is 2.68 bits per heavy atom. The molecule has 1 aliphatic heterocycles. The summed E-state index contributed by atoms with van der Waals surface area (Å²) in [6.07, 6.45) is 2.56. The van der Waals surface area contributed by atoms with Crippen LogP contribution in [-0.4, -0.2) is 24.4 Å². The molecule has 1 aliphatic rings. The zero-order valence-electron chi connectivity index (χ0n) is 13.0. The molecule has 0 spiro atoms. The molecule has 1 aromatic rings. The Morgan fingerprint density at radius 1 is 1.32 bits per heavy atom. The van der Waals surface area contributed by atoms with Crippen molar-refractivity contribution < 1.29 is 9.59 Å². The zero-order chi connectivity index (χ0) is 15.4. The number of hydrogen-bond donors (Lipinski definition) is 2. The summed E-state index contributed by atoms with van der Waals surface area (Å²) in [5.41, 5.74) is 7.34. The van der Waals surface area contributed by atoms with Gasteiger partial charge >= 0.3 is 0 Å². The van der Waals surface area contributed by atoms with Crippen molar-refractivity contribution in [2.75, 3.05) is 16.8 Å². The van der Waals surface area contributed by atoms with Gasteiger partial charge in [-0.2, -0.15) is 0 Å². The minimum Gasteiger partial charge on any atom is -0.325 e. The number of nitrogens with zero attached hydrogens (tertiary/aromatic N) is 1. The van der Waals surface area contributed by atoms with E-state index < -0.39 is 6.04 Å². The van der Waals surface area contributed by atoms with E-state index in [1.54, 1.807) is 4.90 Å². The minimum atomic E-state index is -0.537. The monoisotopic (exact) mass is 325 g/mol. The molecular formula is C16H24ClN3O2. The van der Waals surface area contributed by atoms with Crippen molar-refractivity contribution in [3.05, 3.63) is 24.3 Å². The normalized spacial score (nSPS) is 16.2. The van der Waals surface area contributed by atoms with Gasteiger partial charge in [0.1, 0.15) is 0 Å². The Kier molecular flexibility index (Phi) is 6.84. The van der Waals surface area contributed by atoms with Crippen LogP contribution >= 0.6 is 12.4 Å². The molecule has 1 atom stereocenters. The van der Waals surface area contributed by atoms with E-state index in [-0.39, 0.29) is 30.1 Å². The van der Waals surface area contributed by atoms with Crippen molar-refractivity contribution in [3.8, 4) is 0 Å². The zero-order valence-corrected chi connectivity index (χ0v) is 13.9. The number of piperidine rings is 1. The molecule has 22 heavy (non-hydrogen) atoms. The first-order chi connectivity index (χ1) is 9.99. The fraction of sp³-hybridized carbons (Fsp3) is 0.500. The van der Waals surface area contributed by atoms with Crippen molar-refractivity contribution in [2.45, 2.75) is 39.2 Å². The Labute approximate surface area is 137 Å². The first-order valence-electron chi connectivity index (χ1n) is 7.46. The van der Waals surface area contributed by atoms with Gasteiger partial charge in [0.2, 0.25) is 11.8 Å². The molecule has 0 bridgehead atoms. The van der Waals surface area contributed by atoms with Crippen molar-refractivity contribution in [2.24, 2.45) is 11.7 Å². The topological polar surface area (TPSA) is 75.4 Å². The summed E-state index contributed by atoms with van der Waals surface area (Å²) in [5.74, 6) is 0.0209. The molecule has 1 saturated heterocycles. The van der Waals surface area contributed by atoms with Crippen LogP contribution in [0.1, 0.15) is 33.1 Å². The lowest BCUT2D eigenvalue weighted by atomic mass is 10.0. The van der Waals surface area contributed by atoms with Gasteiger partial charge < -0.3 is 16.0 Å². The third-order valence-corrected chi connectivity index (χ3v) is 3.77. The lowest BCUT2D eigenvalue weighted by Crippen LogP contribution is -2.39. The SMILES string of the molecule is CC(C)C(N)C(=O)Nc1cccc(N2CCCCC2=O)c1.Cl. The van der Waals surface area contributed by atoms with Crippen LogP contribution in [0.3, 0.4) is 0 Å². The predicted molar refractivity (Wildman–Crippen MR) is 91.3 cm³/mol. The summed E-state index contributed by atoms with van der Waals surface area (Å²) in [7, 11) is 0. The van der Waals surface area contributed by atoms with Crippen LogP contribution in [0.4, 0.5) is 11.4 Å². The number of carbonyl (C=O) groups is 2. The van der Waals surface area contributed by atoms with Crippen LogP contribution in [0, 0.1) is 5.92 Å². The van der Waals surface area contributed by atoms with Gasteiger partial charge in [-0.15, -0.1) is 12.4 Å². The molecular weight excluding hydrogens is 302 g/mol. The average Bonchev–Trinajstić information content (AvgIpc) is 2.47. The highest BCUT2D eigenvalue weighted by Gasteiger charge is 2.21. The number of carbonyl (C=O) groups excluding carboxylic acids is 2. The van der Waals surface area contributed by atoms with Gasteiger partial charge in [0.05, 0.1) is 6.04 Å². The van der Waals surface area contributed by atoms with Crippen LogP contribution in [0.15, 0.2) is 24.3 Å². The van der Waals surface area contributed by atoms with Crippen molar-refractivity contribution in [1.29, 1.82) is 0 Å². The second kappa shape index (κ2) is 8.15.